The molecule has 2 aromatic carbocycles. The fourth-order valence-corrected chi connectivity index (χ4v) is 5.15. The summed E-state index contributed by atoms with van der Waals surface area (Å²) in [4.78, 5) is 17.2. The van der Waals surface area contributed by atoms with Gasteiger partial charge in [0.15, 0.2) is 0 Å². The molecule has 0 bridgehead atoms. The minimum absolute atomic E-state index is 0.190. The molecule has 0 spiro atoms. The fraction of sp³-hybridized carbons (Fsp3) is 0.435. The molecule has 8 heteroatoms. The van der Waals surface area contributed by atoms with Crippen LogP contribution in [0.25, 0.3) is 0 Å². The van der Waals surface area contributed by atoms with Gasteiger partial charge in [0.2, 0.25) is 15.9 Å². The highest BCUT2D eigenvalue weighted by molar-refractivity contribution is 7.92. The van der Waals surface area contributed by atoms with Crippen molar-refractivity contribution in [3.8, 4) is 0 Å². The van der Waals surface area contributed by atoms with Crippen LogP contribution in [-0.4, -0.2) is 57.7 Å². The van der Waals surface area contributed by atoms with Gasteiger partial charge in [-0.15, -0.1) is 0 Å². The van der Waals surface area contributed by atoms with Gasteiger partial charge in [-0.1, -0.05) is 13.0 Å². The second kappa shape index (κ2) is 9.26. The summed E-state index contributed by atoms with van der Waals surface area (Å²) in [5, 5.41) is 0. The Morgan fingerprint density at radius 3 is 2.16 bits per heavy atom. The molecule has 2 aromatic rings. The van der Waals surface area contributed by atoms with E-state index in [4.69, 9.17) is 0 Å². The number of rotatable bonds is 6. The van der Waals surface area contributed by atoms with E-state index in [1.807, 2.05) is 32.9 Å². The van der Waals surface area contributed by atoms with Crippen molar-refractivity contribution in [3.63, 3.8) is 0 Å². The topological polar surface area (TPSA) is 60.9 Å². The summed E-state index contributed by atoms with van der Waals surface area (Å²) in [5.74, 6) is -0.472. The number of benzene rings is 2. The SMILES string of the molecule is CCC(C(=O)N1CCN(c2ccc(F)cc2)CC1)N(c1ccc(C)c(C)c1)S(C)(=O)=O. The lowest BCUT2D eigenvalue weighted by Crippen LogP contribution is -2.56. The van der Waals surface area contributed by atoms with Crippen molar-refractivity contribution in [3.05, 3.63) is 59.4 Å². The zero-order valence-corrected chi connectivity index (χ0v) is 19.3. The van der Waals surface area contributed by atoms with Crippen LogP contribution >= 0.6 is 0 Å². The van der Waals surface area contributed by atoms with Gasteiger partial charge in [0, 0.05) is 31.9 Å². The van der Waals surface area contributed by atoms with E-state index in [9.17, 15) is 17.6 Å². The normalized spacial score (nSPS) is 15.6. The van der Waals surface area contributed by atoms with Gasteiger partial charge in [-0.05, 0) is 67.8 Å². The summed E-state index contributed by atoms with van der Waals surface area (Å²) in [6.07, 6.45) is 1.52. The summed E-state index contributed by atoms with van der Waals surface area (Å²) >= 11 is 0. The van der Waals surface area contributed by atoms with Crippen molar-refractivity contribution < 1.29 is 17.6 Å². The zero-order chi connectivity index (χ0) is 22.8. The minimum Gasteiger partial charge on any atom is -0.368 e. The maximum Gasteiger partial charge on any atom is 0.246 e. The zero-order valence-electron chi connectivity index (χ0n) is 18.5. The van der Waals surface area contributed by atoms with Crippen LogP contribution in [0.3, 0.4) is 0 Å². The third kappa shape index (κ3) is 5.18. The Bertz CT molecular complexity index is 1030. The van der Waals surface area contributed by atoms with E-state index in [1.165, 1.54) is 16.4 Å². The number of halogens is 1. The van der Waals surface area contributed by atoms with Gasteiger partial charge in [-0.2, -0.15) is 0 Å². The van der Waals surface area contributed by atoms with Crippen LogP contribution in [0.1, 0.15) is 24.5 Å². The molecule has 168 valence electrons. The van der Waals surface area contributed by atoms with Crippen LogP contribution < -0.4 is 9.21 Å². The average Bonchev–Trinajstić information content (AvgIpc) is 2.73. The Hall–Kier alpha value is -2.61. The Morgan fingerprint density at radius 1 is 1.03 bits per heavy atom. The number of aryl methyl sites for hydroxylation is 2. The summed E-state index contributed by atoms with van der Waals surface area (Å²) in [6, 6.07) is 11.0. The number of hydrogen-bond donors (Lipinski definition) is 0. The highest BCUT2D eigenvalue weighted by Crippen LogP contribution is 2.26. The molecule has 0 saturated carbocycles. The first-order valence-electron chi connectivity index (χ1n) is 10.5. The standard InChI is InChI=1S/C23H30FN3O3S/c1-5-22(27(31(4,29)30)21-9-6-17(2)18(3)16-21)23(28)26-14-12-25(13-15-26)20-10-7-19(24)8-11-20/h6-11,16,22H,5,12-15H2,1-4H3. The number of anilines is 2. The molecule has 1 fully saturated rings. The van der Waals surface area contributed by atoms with Crippen LogP contribution in [0, 0.1) is 19.7 Å². The summed E-state index contributed by atoms with van der Waals surface area (Å²) in [5.41, 5.74) is 3.46. The summed E-state index contributed by atoms with van der Waals surface area (Å²) in [7, 11) is -3.66. The molecular formula is C23H30FN3O3S. The van der Waals surface area contributed by atoms with Gasteiger partial charge in [-0.3, -0.25) is 9.10 Å². The van der Waals surface area contributed by atoms with Crippen LogP contribution in [0.4, 0.5) is 15.8 Å². The first-order valence-corrected chi connectivity index (χ1v) is 12.3. The molecule has 6 nitrogen and oxygen atoms in total. The average molecular weight is 448 g/mol. The van der Waals surface area contributed by atoms with E-state index in [2.05, 4.69) is 4.90 Å². The predicted molar refractivity (Wildman–Crippen MR) is 123 cm³/mol. The van der Waals surface area contributed by atoms with E-state index < -0.39 is 16.1 Å². The molecular weight excluding hydrogens is 417 g/mol. The van der Waals surface area contributed by atoms with Crippen molar-refractivity contribution >= 4 is 27.3 Å². The lowest BCUT2D eigenvalue weighted by atomic mass is 10.1. The van der Waals surface area contributed by atoms with E-state index >= 15 is 0 Å². The van der Waals surface area contributed by atoms with Gasteiger partial charge in [0.05, 0.1) is 11.9 Å². The van der Waals surface area contributed by atoms with Crippen LogP contribution in [0.5, 0.6) is 0 Å². The molecule has 1 aliphatic heterocycles. The quantitative estimate of drug-likeness (QED) is 0.682. The lowest BCUT2D eigenvalue weighted by molar-refractivity contribution is -0.132. The second-order valence-electron chi connectivity index (χ2n) is 8.04. The van der Waals surface area contributed by atoms with Crippen molar-refractivity contribution in [2.75, 3.05) is 41.6 Å². The third-order valence-electron chi connectivity index (χ3n) is 5.84. The van der Waals surface area contributed by atoms with Gasteiger partial charge in [0.1, 0.15) is 11.9 Å². The molecule has 3 rings (SSSR count). The molecule has 0 N–H and O–H groups in total. The van der Waals surface area contributed by atoms with E-state index in [0.29, 0.717) is 38.3 Å². The maximum absolute atomic E-state index is 13.4. The Balaban J connectivity index is 1.79. The summed E-state index contributed by atoms with van der Waals surface area (Å²) < 4.78 is 39.8. The molecule has 1 aliphatic rings. The van der Waals surface area contributed by atoms with Gasteiger partial charge >= 0.3 is 0 Å². The van der Waals surface area contributed by atoms with E-state index in [0.717, 1.165) is 23.1 Å². The van der Waals surface area contributed by atoms with Crippen LogP contribution in [0.15, 0.2) is 42.5 Å². The number of sulfonamides is 1. The molecule has 1 unspecified atom stereocenters. The number of carbonyl (C=O) groups excluding carboxylic acids is 1. The molecule has 1 saturated heterocycles. The van der Waals surface area contributed by atoms with Gasteiger partial charge in [-0.25, -0.2) is 12.8 Å². The van der Waals surface area contributed by atoms with Gasteiger partial charge in [0.25, 0.3) is 0 Å². The second-order valence-corrected chi connectivity index (χ2v) is 9.90. The minimum atomic E-state index is -3.66. The molecule has 0 aliphatic carbocycles. The Morgan fingerprint density at radius 2 is 1.65 bits per heavy atom. The van der Waals surface area contributed by atoms with Crippen LogP contribution in [-0.2, 0) is 14.8 Å². The smallest absolute Gasteiger partial charge is 0.246 e. The van der Waals surface area contributed by atoms with Crippen molar-refractivity contribution in [1.82, 2.24) is 4.90 Å². The van der Waals surface area contributed by atoms with E-state index in [-0.39, 0.29) is 11.7 Å². The Labute approximate surface area is 184 Å². The first-order chi connectivity index (χ1) is 14.6. The molecule has 0 radical (unpaired) electrons. The largest absolute Gasteiger partial charge is 0.368 e. The number of piperazine rings is 1. The monoisotopic (exact) mass is 447 g/mol. The highest BCUT2D eigenvalue weighted by atomic mass is 32.2. The first kappa shape index (κ1) is 23.1. The van der Waals surface area contributed by atoms with Gasteiger partial charge < -0.3 is 9.80 Å². The van der Waals surface area contributed by atoms with E-state index in [1.54, 1.807) is 23.1 Å². The van der Waals surface area contributed by atoms with Crippen molar-refractivity contribution in [2.45, 2.75) is 33.2 Å². The molecule has 1 amide bonds. The van der Waals surface area contributed by atoms with Crippen molar-refractivity contribution in [1.29, 1.82) is 0 Å². The molecule has 31 heavy (non-hydrogen) atoms. The fourth-order valence-electron chi connectivity index (χ4n) is 3.95. The van der Waals surface area contributed by atoms with Crippen molar-refractivity contribution in [2.24, 2.45) is 0 Å². The number of hydrogen-bond acceptors (Lipinski definition) is 4. The number of nitrogens with zero attached hydrogens (tertiary/aromatic N) is 3. The maximum atomic E-state index is 13.4. The van der Waals surface area contributed by atoms with Crippen LogP contribution in [0.2, 0.25) is 0 Å². The molecule has 1 heterocycles. The third-order valence-corrected chi connectivity index (χ3v) is 7.02. The molecule has 0 aromatic heterocycles. The number of carbonyl (C=O) groups is 1. The highest BCUT2D eigenvalue weighted by Gasteiger charge is 2.35. The lowest BCUT2D eigenvalue weighted by Gasteiger charge is -2.39. The number of amides is 1. The Kier molecular flexibility index (Phi) is 6.89. The predicted octanol–water partition coefficient (Wildman–Crippen LogP) is 3.34. The molecule has 1 atom stereocenters. The summed E-state index contributed by atoms with van der Waals surface area (Å²) in [6.45, 7) is 7.90.